The van der Waals surface area contributed by atoms with Crippen LogP contribution in [0.3, 0.4) is 0 Å². The van der Waals surface area contributed by atoms with Crippen LogP contribution in [0.4, 0.5) is 5.69 Å². The number of rotatable bonds is 4. The smallest absolute Gasteiger partial charge is 0.0538 e. The van der Waals surface area contributed by atoms with E-state index in [1.165, 1.54) is 5.69 Å². The van der Waals surface area contributed by atoms with E-state index in [-0.39, 0.29) is 0 Å². The lowest BCUT2D eigenvalue weighted by molar-refractivity contribution is 0.711. The summed E-state index contributed by atoms with van der Waals surface area (Å²) in [6.07, 6.45) is 6.35. The van der Waals surface area contributed by atoms with E-state index in [1.807, 2.05) is 36.3 Å². The molecular formula is C11H13BrN4. The summed E-state index contributed by atoms with van der Waals surface area (Å²) in [7, 11) is 1.95. The van der Waals surface area contributed by atoms with E-state index in [1.54, 1.807) is 6.20 Å². The number of nitrogens with one attached hydrogen (secondary N) is 1. The van der Waals surface area contributed by atoms with E-state index < -0.39 is 0 Å². The van der Waals surface area contributed by atoms with Crippen molar-refractivity contribution in [2.45, 2.75) is 6.42 Å². The van der Waals surface area contributed by atoms with Crippen molar-refractivity contribution < 1.29 is 0 Å². The predicted molar refractivity (Wildman–Crippen MR) is 67.3 cm³/mol. The first-order chi connectivity index (χ1) is 7.75. The van der Waals surface area contributed by atoms with Crippen LogP contribution < -0.4 is 5.32 Å². The highest BCUT2D eigenvalue weighted by molar-refractivity contribution is 9.10. The van der Waals surface area contributed by atoms with Gasteiger partial charge in [-0.25, -0.2) is 0 Å². The van der Waals surface area contributed by atoms with Crippen LogP contribution in [0.25, 0.3) is 0 Å². The highest BCUT2D eigenvalue weighted by Gasteiger charge is 1.98. The van der Waals surface area contributed by atoms with Gasteiger partial charge in [0.15, 0.2) is 0 Å². The van der Waals surface area contributed by atoms with Gasteiger partial charge in [0.05, 0.1) is 11.9 Å². The third-order valence-electron chi connectivity index (χ3n) is 2.34. The Morgan fingerprint density at radius 1 is 1.44 bits per heavy atom. The fourth-order valence-corrected chi connectivity index (χ4v) is 1.85. The Morgan fingerprint density at radius 2 is 2.31 bits per heavy atom. The third-order valence-corrected chi connectivity index (χ3v) is 2.77. The van der Waals surface area contributed by atoms with Gasteiger partial charge in [-0.3, -0.25) is 9.67 Å². The molecule has 0 saturated heterocycles. The van der Waals surface area contributed by atoms with Gasteiger partial charge in [-0.2, -0.15) is 5.10 Å². The molecule has 2 heterocycles. The summed E-state index contributed by atoms with van der Waals surface area (Å²) in [6, 6.07) is 4.04. The van der Waals surface area contributed by atoms with E-state index >= 15 is 0 Å². The summed E-state index contributed by atoms with van der Waals surface area (Å²) in [5.41, 5.74) is 2.24. The fraction of sp³-hybridized carbons (Fsp3) is 0.273. The number of pyridine rings is 1. The molecule has 0 bridgehead atoms. The normalized spacial score (nSPS) is 10.4. The number of hydrogen-bond acceptors (Lipinski definition) is 3. The topological polar surface area (TPSA) is 42.7 Å². The average molecular weight is 281 g/mol. The van der Waals surface area contributed by atoms with Crippen molar-refractivity contribution in [2.75, 3.05) is 11.9 Å². The van der Waals surface area contributed by atoms with E-state index in [2.05, 4.69) is 31.3 Å². The van der Waals surface area contributed by atoms with Gasteiger partial charge >= 0.3 is 0 Å². The predicted octanol–water partition coefficient (Wildman–Crippen LogP) is 2.23. The van der Waals surface area contributed by atoms with Crippen molar-refractivity contribution in [3.63, 3.8) is 0 Å². The lowest BCUT2D eigenvalue weighted by atomic mass is 10.3. The first kappa shape index (κ1) is 11.1. The van der Waals surface area contributed by atoms with E-state index in [0.29, 0.717) is 0 Å². The van der Waals surface area contributed by atoms with Crippen LogP contribution in [0.1, 0.15) is 5.69 Å². The van der Waals surface area contributed by atoms with Crippen molar-refractivity contribution in [1.29, 1.82) is 0 Å². The van der Waals surface area contributed by atoms with Crippen LogP contribution in [-0.2, 0) is 13.5 Å². The highest BCUT2D eigenvalue weighted by atomic mass is 79.9. The lowest BCUT2D eigenvalue weighted by Gasteiger charge is -2.06. The largest absolute Gasteiger partial charge is 0.383 e. The maximum absolute atomic E-state index is 4.13. The van der Waals surface area contributed by atoms with Gasteiger partial charge in [0.2, 0.25) is 0 Å². The Kier molecular flexibility index (Phi) is 3.56. The molecule has 0 aliphatic rings. The standard InChI is InChI=1S/C11H13BrN4/c1-16-11(3-5-15-16)2-4-14-10-6-9(12)7-13-8-10/h3,5-8,14H,2,4H2,1H3. The van der Waals surface area contributed by atoms with Gasteiger partial charge in [0.25, 0.3) is 0 Å². The minimum Gasteiger partial charge on any atom is -0.383 e. The molecule has 0 amide bonds. The van der Waals surface area contributed by atoms with Crippen LogP contribution in [0, 0.1) is 0 Å². The zero-order valence-corrected chi connectivity index (χ0v) is 10.6. The van der Waals surface area contributed by atoms with Crippen LogP contribution in [0.15, 0.2) is 35.2 Å². The quantitative estimate of drug-likeness (QED) is 0.934. The van der Waals surface area contributed by atoms with Crippen LogP contribution in [-0.4, -0.2) is 21.3 Å². The number of aryl methyl sites for hydroxylation is 1. The molecular weight excluding hydrogens is 268 g/mol. The molecule has 0 aromatic carbocycles. The summed E-state index contributed by atoms with van der Waals surface area (Å²) in [6.45, 7) is 0.873. The van der Waals surface area contributed by atoms with Crippen LogP contribution in [0.2, 0.25) is 0 Å². The van der Waals surface area contributed by atoms with Gasteiger partial charge in [-0.1, -0.05) is 0 Å². The summed E-state index contributed by atoms with van der Waals surface area (Å²) >= 11 is 3.39. The molecule has 1 N–H and O–H groups in total. The molecule has 4 nitrogen and oxygen atoms in total. The Hall–Kier alpha value is -1.36. The summed E-state index contributed by atoms with van der Waals surface area (Å²) < 4.78 is 2.87. The molecule has 0 saturated carbocycles. The first-order valence-electron chi connectivity index (χ1n) is 5.07. The number of nitrogens with zero attached hydrogens (tertiary/aromatic N) is 3. The maximum Gasteiger partial charge on any atom is 0.0538 e. The average Bonchev–Trinajstić information content (AvgIpc) is 2.65. The first-order valence-corrected chi connectivity index (χ1v) is 5.86. The van der Waals surface area contributed by atoms with E-state index in [0.717, 1.165) is 23.1 Å². The molecule has 0 aliphatic carbocycles. The molecule has 0 radical (unpaired) electrons. The van der Waals surface area contributed by atoms with Gasteiger partial charge in [-0.15, -0.1) is 0 Å². The monoisotopic (exact) mass is 280 g/mol. The molecule has 0 unspecified atom stereocenters. The lowest BCUT2D eigenvalue weighted by Crippen LogP contribution is -2.08. The Balaban J connectivity index is 1.87. The SMILES string of the molecule is Cn1nccc1CCNc1cncc(Br)c1. The summed E-state index contributed by atoms with van der Waals surface area (Å²) in [5, 5.41) is 7.44. The number of halogens is 1. The Bertz CT molecular complexity index is 467. The molecule has 0 aliphatic heterocycles. The minimum atomic E-state index is 0.873. The molecule has 84 valence electrons. The zero-order chi connectivity index (χ0) is 11.4. The van der Waals surface area contributed by atoms with Crippen molar-refractivity contribution >= 4 is 21.6 Å². The van der Waals surface area contributed by atoms with Crippen molar-refractivity contribution in [3.8, 4) is 0 Å². The summed E-state index contributed by atoms with van der Waals surface area (Å²) in [5.74, 6) is 0. The second-order valence-corrected chi connectivity index (χ2v) is 4.43. The highest BCUT2D eigenvalue weighted by Crippen LogP contribution is 2.13. The maximum atomic E-state index is 4.13. The molecule has 16 heavy (non-hydrogen) atoms. The summed E-state index contributed by atoms with van der Waals surface area (Å²) in [4.78, 5) is 4.09. The fourth-order valence-electron chi connectivity index (χ4n) is 1.49. The van der Waals surface area contributed by atoms with E-state index in [9.17, 15) is 0 Å². The number of anilines is 1. The van der Waals surface area contributed by atoms with Gasteiger partial charge in [0, 0.05) is 42.6 Å². The minimum absolute atomic E-state index is 0.873. The Morgan fingerprint density at radius 3 is 3.00 bits per heavy atom. The molecule has 2 aromatic rings. The number of hydrogen-bond donors (Lipinski definition) is 1. The van der Waals surface area contributed by atoms with Crippen molar-refractivity contribution in [3.05, 3.63) is 40.9 Å². The van der Waals surface area contributed by atoms with Crippen molar-refractivity contribution in [1.82, 2.24) is 14.8 Å². The second kappa shape index (κ2) is 5.12. The van der Waals surface area contributed by atoms with E-state index in [4.69, 9.17) is 0 Å². The third kappa shape index (κ3) is 2.82. The van der Waals surface area contributed by atoms with Gasteiger partial charge < -0.3 is 5.32 Å². The number of aromatic nitrogens is 3. The molecule has 2 aromatic heterocycles. The molecule has 0 fully saturated rings. The Labute approximate surface area is 103 Å². The van der Waals surface area contributed by atoms with Crippen molar-refractivity contribution in [2.24, 2.45) is 7.05 Å². The van der Waals surface area contributed by atoms with Gasteiger partial charge in [0.1, 0.15) is 0 Å². The second-order valence-electron chi connectivity index (χ2n) is 3.51. The zero-order valence-electron chi connectivity index (χ0n) is 9.02. The molecule has 2 rings (SSSR count). The van der Waals surface area contributed by atoms with Crippen LogP contribution >= 0.6 is 15.9 Å². The molecule has 0 spiro atoms. The molecule has 0 atom stereocenters. The van der Waals surface area contributed by atoms with Crippen LogP contribution in [0.5, 0.6) is 0 Å². The molecule has 5 heteroatoms. The van der Waals surface area contributed by atoms with Gasteiger partial charge in [-0.05, 0) is 28.1 Å².